The number of carbonyl (C=O) groups is 2. The molecule has 1 N–H and O–H groups in total. The maximum atomic E-state index is 11.3. The number of amides is 1. The number of hydrogen-bond donors (Lipinski definition) is 1. The van der Waals surface area contributed by atoms with Crippen LogP contribution in [-0.2, 0) is 4.79 Å². The Morgan fingerprint density at radius 1 is 1.42 bits per heavy atom. The van der Waals surface area contributed by atoms with Crippen LogP contribution in [0.4, 0.5) is 5.82 Å². The Labute approximate surface area is 147 Å². The third-order valence-electron chi connectivity index (χ3n) is 5.25. The second-order valence-electron chi connectivity index (χ2n) is 7.10. The Morgan fingerprint density at radius 3 is 2.67 bits per heavy atom. The number of hydrogen-bond acceptors (Lipinski definition) is 4. The monoisotopic (exact) mass is 349 g/mol. The minimum atomic E-state index is 0.0871. The van der Waals surface area contributed by atoms with E-state index in [1.54, 1.807) is 13.0 Å². The highest BCUT2D eigenvalue weighted by molar-refractivity contribution is 6.31. The number of piperidine rings is 1. The van der Waals surface area contributed by atoms with Gasteiger partial charge in [-0.15, -0.1) is 0 Å². The molecule has 0 bridgehead atoms. The Balaban J connectivity index is 1.48. The van der Waals surface area contributed by atoms with E-state index in [4.69, 9.17) is 11.6 Å². The van der Waals surface area contributed by atoms with Crippen molar-refractivity contribution in [2.45, 2.75) is 51.0 Å². The Morgan fingerprint density at radius 2 is 2.12 bits per heavy atom. The summed E-state index contributed by atoms with van der Waals surface area (Å²) in [5, 5.41) is 3.39. The van der Waals surface area contributed by atoms with Crippen molar-refractivity contribution in [3.63, 3.8) is 0 Å². The lowest BCUT2D eigenvalue weighted by atomic mass is 9.90. The third kappa shape index (κ3) is 4.07. The van der Waals surface area contributed by atoms with Crippen LogP contribution in [0.25, 0.3) is 0 Å². The zero-order valence-electron chi connectivity index (χ0n) is 14.1. The Hall–Kier alpha value is -1.62. The lowest BCUT2D eigenvalue weighted by Gasteiger charge is -2.33. The molecule has 5 nitrogen and oxygen atoms in total. The number of aldehydes is 1. The third-order valence-corrected chi connectivity index (χ3v) is 5.56. The first kappa shape index (κ1) is 17.2. The van der Waals surface area contributed by atoms with Crippen molar-refractivity contribution in [3.8, 4) is 0 Å². The first-order valence-corrected chi connectivity index (χ1v) is 9.04. The van der Waals surface area contributed by atoms with Crippen LogP contribution < -0.4 is 10.2 Å². The molecule has 0 aromatic carbocycles. The minimum Gasteiger partial charge on any atom is -0.357 e. The summed E-state index contributed by atoms with van der Waals surface area (Å²) >= 11 is 6.02. The molecule has 1 amide bonds. The van der Waals surface area contributed by atoms with Gasteiger partial charge in [0.2, 0.25) is 5.91 Å². The molecular weight excluding hydrogens is 326 g/mol. The van der Waals surface area contributed by atoms with E-state index in [-0.39, 0.29) is 16.6 Å². The van der Waals surface area contributed by atoms with E-state index in [0.717, 1.165) is 57.3 Å². The number of nitrogens with zero attached hydrogens (tertiary/aromatic N) is 2. The smallest absolute Gasteiger partial charge is 0.217 e. The van der Waals surface area contributed by atoms with Gasteiger partial charge < -0.3 is 10.2 Å². The molecule has 1 aliphatic carbocycles. The van der Waals surface area contributed by atoms with Gasteiger partial charge in [-0.2, -0.15) is 0 Å². The molecule has 0 radical (unpaired) electrons. The van der Waals surface area contributed by atoms with Gasteiger partial charge in [-0.1, -0.05) is 11.6 Å². The number of carbonyl (C=O) groups excluding carboxylic acids is 2. The fraction of sp³-hybridized carbons (Fsp3) is 0.611. The van der Waals surface area contributed by atoms with Crippen LogP contribution in [0, 0.1) is 5.92 Å². The SMILES string of the molecule is CC(=O)NC1(CCC2CCN(c3ccc(C=O)c(Cl)n3)CC2)CC1. The second-order valence-corrected chi connectivity index (χ2v) is 7.46. The van der Waals surface area contributed by atoms with Crippen molar-refractivity contribution in [3.05, 3.63) is 22.8 Å². The lowest BCUT2D eigenvalue weighted by molar-refractivity contribution is -0.120. The number of anilines is 1. The highest BCUT2D eigenvalue weighted by Gasteiger charge is 2.43. The van der Waals surface area contributed by atoms with Crippen molar-refractivity contribution < 1.29 is 9.59 Å². The number of pyridine rings is 1. The molecule has 1 saturated heterocycles. The summed E-state index contributed by atoms with van der Waals surface area (Å²) < 4.78 is 0. The van der Waals surface area contributed by atoms with Crippen LogP contribution in [-0.4, -0.2) is 35.8 Å². The molecule has 1 aromatic heterocycles. The van der Waals surface area contributed by atoms with Gasteiger partial charge in [-0.05, 0) is 56.6 Å². The maximum absolute atomic E-state index is 11.3. The van der Waals surface area contributed by atoms with Crippen LogP contribution in [0.2, 0.25) is 5.15 Å². The van der Waals surface area contributed by atoms with Gasteiger partial charge in [-0.25, -0.2) is 4.98 Å². The summed E-state index contributed by atoms with van der Waals surface area (Å²) in [4.78, 5) is 28.7. The van der Waals surface area contributed by atoms with E-state index < -0.39 is 0 Å². The second kappa shape index (κ2) is 7.09. The van der Waals surface area contributed by atoms with Crippen LogP contribution in [0.3, 0.4) is 0 Å². The quantitative estimate of drug-likeness (QED) is 0.632. The highest BCUT2D eigenvalue weighted by atomic mass is 35.5. The molecule has 1 saturated carbocycles. The number of halogens is 1. The molecule has 1 aromatic rings. The molecule has 0 atom stereocenters. The fourth-order valence-corrected chi connectivity index (χ4v) is 3.79. The number of nitrogens with one attached hydrogen (secondary N) is 1. The Bertz CT molecular complexity index is 623. The molecule has 0 unspecified atom stereocenters. The molecule has 24 heavy (non-hydrogen) atoms. The van der Waals surface area contributed by atoms with Gasteiger partial charge in [0.25, 0.3) is 0 Å². The summed E-state index contributed by atoms with van der Waals surface area (Å²) in [5.74, 6) is 1.64. The lowest BCUT2D eigenvalue weighted by Crippen LogP contribution is -2.37. The summed E-state index contributed by atoms with van der Waals surface area (Å²) in [7, 11) is 0. The van der Waals surface area contributed by atoms with Gasteiger partial charge >= 0.3 is 0 Å². The van der Waals surface area contributed by atoms with Crippen molar-refractivity contribution in [1.82, 2.24) is 10.3 Å². The number of aromatic nitrogens is 1. The minimum absolute atomic E-state index is 0.0871. The van der Waals surface area contributed by atoms with Crippen LogP contribution in [0.1, 0.15) is 55.8 Å². The van der Waals surface area contributed by atoms with E-state index in [1.807, 2.05) is 6.07 Å². The van der Waals surface area contributed by atoms with Gasteiger partial charge in [0.1, 0.15) is 11.0 Å². The molecule has 2 fully saturated rings. The van der Waals surface area contributed by atoms with E-state index in [9.17, 15) is 9.59 Å². The van der Waals surface area contributed by atoms with Crippen molar-refractivity contribution in [2.75, 3.05) is 18.0 Å². The van der Waals surface area contributed by atoms with Crippen LogP contribution in [0.15, 0.2) is 12.1 Å². The summed E-state index contributed by atoms with van der Waals surface area (Å²) in [6, 6.07) is 3.60. The predicted octanol–water partition coefficient (Wildman–Crippen LogP) is 3.21. The maximum Gasteiger partial charge on any atom is 0.217 e. The van der Waals surface area contributed by atoms with Gasteiger partial charge in [0.05, 0.1) is 5.56 Å². The van der Waals surface area contributed by atoms with E-state index >= 15 is 0 Å². The molecule has 6 heteroatoms. The van der Waals surface area contributed by atoms with Crippen molar-refractivity contribution >= 4 is 29.6 Å². The normalized spacial score (nSPS) is 19.8. The van der Waals surface area contributed by atoms with Gasteiger partial charge in [-0.3, -0.25) is 9.59 Å². The van der Waals surface area contributed by atoms with Crippen LogP contribution >= 0.6 is 11.6 Å². The standard InChI is InChI=1S/C18H24ClN3O2/c1-13(24)21-18(8-9-18)7-4-14-5-10-22(11-6-14)16-3-2-15(12-23)17(19)20-16/h2-3,12,14H,4-11H2,1H3,(H,21,24). The first-order valence-electron chi connectivity index (χ1n) is 8.67. The molecule has 130 valence electrons. The zero-order valence-corrected chi connectivity index (χ0v) is 14.8. The predicted molar refractivity (Wildman–Crippen MR) is 94.6 cm³/mol. The van der Waals surface area contributed by atoms with E-state index in [2.05, 4.69) is 15.2 Å². The summed E-state index contributed by atoms with van der Waals surface area (Å²) in [6.45, 7) is 3.52. The fourth-order valence-electron chi connectivity index (χ4n) is 3.59. The molecule has 3 rings (SSSR count). The Kier molecular flexibility index (Phi) is 5.09. The average Bonchev–Trinajstić information content (AvgIpc) is 3.32. The highest BCUT2D eigenvalue weighted by Crippen LogP contribution is 2.41. The molecule has 2 heterocycles. The van der Waals surface area contributed by atoms with Gasteiger partial charge in [0, 0.05) is 25.6 Å². The molecule has 1 aliphatic heterocycles. The first-order chi connectivity index (χ1) is 11.5. The number of rotatable bonds is 6. The largest absolute Gasteiger partial charge is 0.357 e. The van der Waals surface area contributed by atoms with Gasteiger partial charge in [0.15, 0.2) is 6.29 Å². The molecular formula is C18H24ClN3O2. The van der Waals surface area contributed by atoms with Crippen molar-refractivity contribution in [2.24, 2.45) is 5.92 Å². The molecule has 2 aliphatic rings. The topological polar surface area (TPSA) is 62.3 Å². The average molecular weight is 350 g/mol. The molecule has 0 spiro atoms. The van der Waals surface area contributed by atoms with E-state index in [0.29, 0.717) is 11.5 Å². The van der Waals surface area contributed by atoms with Crippen LogP contribution in [0.5, 0.6) is 0 Å². The summed E-state index contributed by atoms with van der Waals surface area (Å²) in [6.07, 6.45) is 7.50. The van der Waals surface area contributed by atoms with Crippen molar-refractivity contribution in [1.29, 1.82) is 0 Å². The zero-order chi connectivity index (χ0) is 17.2. The summed E-state index contributed by atoms with van der Waals surface area (Å²) in [5.41, 5.74) is 0.533. The van der Waals surface area contributed by atoms with E-state index in [1.165, 1.54) is 6.42 Å².